The first-order valence-electron chi connectivity index (χ1n) is 7.50. The summed E-state index contributed by atoms with van der Waals surface area (Å²) in [6.07, 6.45) is 1.84. The molecule has 1 heterocycles. The molecule has 0 bridgehead atoms. The van der Waals surface area contributed by atoms with Gasteiger partial charge in [-0.05, 0) is 18.9 Å². The summed E-state index contributed by atoms with van der Waals surface area (Å²) in [6.45, 7) is 10.0. The maximum atomic E-state index is 12.1. The summed E-state index contributed by atoms with van der Waals surface area (Å²) < 4.78 is 0. The Morgan fingerprint density at radius 3 is 2.25 bits per heavy atom. The molecule has 0 aliphatic carbocycles. The quantitative estimate of drug-likeness (QED) is 0.769. The van der Waals surface area contributed by atoms with Gasteiger partial charge in [0.1, 0.15) is 6.04 Å². The summed E-state index contributed by atoms with van der Waals surface area (Å²) >= 11 is 0. The highest BCUT2D eigenvalue weighted by molar-refractivity contribution is 5.82. The molecule has 116 valence electrons. The van der Waals surface area contributed by atoms with Gasteiger partial charge in [-0.3, -0.25) is 4.90 Å². The first-order valence-corrected chi connectivity index (χ1v) is 7.50. The van der Waals surface area contributed by atoms with E-state index in [4.69, 9.17) is 0 Å². The molecular weight excluding hydrogens is 258 g/mol. The van der Waals surface area contributed by atoms with Crippen molar-refractivity contribution in [1.82, 2.24) is 15.1 Å². The van der Waals surface area contributed by atoms with Gasteiger partial charge in [0.25, 0.3) is 0 Å². The minimum absolute atomic E-state index is 0.0715. The van der Waals surface area contributed by atoms with Crippen LogP contribution in [-0.4, -0.2) is 65.7 Å². The van der Waals surface area contributed by atoms with E-state index in [-0.39, 0.29) is 11.9 Å². The van der Waals surface area contributed by atoms with Gasteiger partial charge in [-0.1, -0.05) is 27.2 Å². The molecule has 1 aliphatic rings. The summed E-state index contributed by atoms with van der Waals surface area (Å²) in [5.74, 6) is -1.03. The molecule has 0 aromatic rings. The molecule has 6 nitrogen and oxygen atoms in total. The lowest BCUT2D eigenvalue weighted by Crippen LogP contribution is -2.55. The summed E-state index contributed by atoms with van der Waals surface area (Å²) in [7, 11) is 0. The summed E-state index contributed by atoms with van der Waals surface area (Å²) in [4.78, 5) is 27.4. The van der Waals surface area contributed by atoms with E-state index in [0.29, 0.717) is 13.1 Å². The monoisotopic (exact) mass is 285 g/mol. The second kappa shape index (κ2) is 8.09. The average molecular weight is 285 g/mol. The zero-order valence-electron chi connectivity index (χ0n) is 12.8. The van der Waals surface area contributed by atoms with Crippen LogP contribution in [0.15, 0.2) is 0 Å². The van der Waals surface area contributed by atoms with Gasteiger partial charge in [0.05, 0.1) is 0 Å². The number of carbonyl (C=O) groups excluding carboxylic acids is 1. The molecule has 2 atom stereocenters. The Kier molecular flexibility index (Phi) is 6.78. The van der Waals surface area contributed by atoms with Crippen LogP contribution in [0.3, 0.4) is 0 Å². The van der Waals surface area contributed by atoms with E-state index in [9.17, 15) is 14.7 Å². The molecule has 6 heteroatoms. The molecule has 1 saturated heterocycles. The Labute approximate surface area is 121 Å². The molecule has 0 aromatic heterocycles. The fourth-order valence-corrected chi connectivity index (χ4v) is 2.40. The third-order valence-electron chi connectivity index (χ3n) is 3.96. The van der Waals surface area contributed by atoms with E-state index in [2.05, 4.69) is 17.1 Å². The van der Waals surface area contributed by atoms with E-state index in [1.807, 2.05) is 13.8 Å². The topological polar surface area (TPSA) is 72.9 Å². The highest BCUT2D eigenvalue weighted by atomic mass is 16.4. The van der Waals surface area contributed by atoms with Crippen LogP contribution in [0.2, 0.25) is 0 Å². The number of nitrogens with zero attached hydrogens (tertiary/aromatic N) is 2. The van der Waals surface area contributed by atoms with Crippen molar-refractivity contribution in [3.63, 3.8) is 0 Å². The molecule has 1 aliphatic heterocycles. The van der Waals surface area contributed by atoms with Crippen molar-refractivity contribution in [3.8, 4) is 0 Å². The fourth-order valence-electron chi connectivity index (χ4n) is 2.40. The van der Waals surface area contributed by atoms with Crippen LogP contribution in [0.1, 0.15) is 33.6 Å². The molecule has 2 N–H and O–H groups in total. The molecule has 0 radical (unpaired) electrons. The van der Waals surface area contributed by atoms with Gasteiger partial charge in [0.15, 0.2) is 0 Å². The van der Waals surface area contributed by atoms with Gasteiger partial charge < -0.3 is 15.3 Å². The predicted octanol–water partition coefficient (Wildman–Crippen LogP) is 1.22. The number of amides is 2. The van der Waals surface area contributed by atoms with Gasteiger partial charge >= 0.3 is 12.0 Å². The lowest BCUT2D eigenvalue weighted by molar-refractivity contribution is -0.140. The molecule has 0 aromatic carbocycles. The molecule has 20 heavy (non-hydrogen) atoms. The normalized spacial score (nSPS) is 19.4. The van der Waals surface area contributed by atoms with Gasteiger partial charge in [-0.25, -0.2) is 9.59 Å². The van der Waals surface area contributed by atoms with E-state index >= 15 is 0 Å². The first-order chi connectivity index (χ1) is 9.49. The van der Waals surface area contributed by atoms with Crippen molar-refractivity contribution in [2.45, 2.75) is 39.7 Å². The lowest BCUT2D eigenvalue weighted by atomic mass is 9.99. The van der Waals surface area contributed by atoms with Crippen molar-refractivity contribution in [3.05, 3.63) is 0 Å². The summed E-state index contributed by atoms with van der Waals surface area (Å²) in [6, 6.07) is -1.06. The number of carbonyl (C=O) groups is 2. The highest BCUT2D eigenvalue weighted by Gasteiger charge is 2.28. The van der Waals surface area contributed by atoms with Crippen LogP contribution in [0.25, 0.3) is 0 Å². The van der Waals surface area contributed by atoms with E-state index in [1.54, 1.807) is 4.90 Å². The Balaban J connectivity index is 2.48. The molecule has 2 unspecified atom stereocenters. The third-order valence-corrected chi connectivity index (χ3v) is 3.96. The Bertz CT molecular complexity index is 328. The van der Waals surface area contributed by atoms with Crippen molar-refractivity contribution in [2.75, 3.05) is 32.7 Å². The van der Waals surface area contributed by atoms with Crippen molar-refractivity contribution >= 4 is 12.0 Å². The van der Waals surface area contributed by atoms with Crippen LogP contribution < -0.4 is 5.32 Å². The van der Waals surface area contributed by atoms with Crippen molar-refractivity contribution in [2.24, 2.45) is 5.92 Å². The minimum Gasteiger partial charge on any atom is -0.480 e. The standard InChI is InChI=1S/C14H27N3O3/c1-4-6-16-7-9-17(10-8-16)14(20)15-12(13(18)19)11(3)5-2/h11-12H,4-10H2,1-3H3,(H,15,20)(H,18,19). The largest absolute Gasteiger partial charge is 0.480 e. The second-order valence-electron chi connectivity index (χ2n) is 5.48. The lowest BCUT2D eigenvalue weighted by Gasteiger charge is -2.35. The molecular formula is C14H27N3O3. The van der Waals surface area contributed by atoms with Gasteiger partial charge in [-0.15, -0.1) is 0 Å². The van der Waals surface area contributed by atoms with Crippen LogP contribution in [0.4, 0.5) is 4.79 Å². The minimum atomic E-state index is -0.961. The number of urea groups is 1. The van der Waals surface area contributed by atoms with Crippen LogP contribution >= 0.6 is 0 Å². The van der Waals surface area contributed by atoms with Crippen LogP contribution in [0.5, 0.6) is 0 Å². The number of hydrogen-bond donors (Lipinski definition) is 2. The first kappa shape index (κ1) is 16.8. The van der Waals surface area contributed by atoms with E-state index in [1.165, 1.54) is 0 Å². The van der Waals surface area contributed by atoms with Crippen molar-refractivity contribution in [1.29, 1.82) is 0 Å². The van der Waals surface area contributed by atoms with Crippen LogP contribution in [-0.2, 0) is 4.79 Å². The maximum Gasteiger partial charge on any atom is 0.326 e. The number of carboxylic acid groups (broad SMARTS) is 1. The average Bonchev–Trinajstić information content (AvgIpc) is 2.44. The molecule has 2 amide bonds. The molecule has 1 fully saturated rings. The van der Waals surface area contributed by atoms with Crippen molar-refractivity contribution < 1.29 is 14.7 Å². The maximum absolute atomic E-state index is 12.1. The Hall–Kier alpha value is -1.30. The number of nitrogens with one attached hydrogen (secondary N) is 1. The van der Waals surface area contributed by atoms with Crippen LogP contribution in [0, 0.1) is 5.92 Å². The molecule has 0 spiro atoms. The highest BCUT2D eigenvalue weighted by Crippen LogP contribution is 2.09. The number of carboxylic acids is 1. The molecule has 1 rings (SSSR count). The second-order valence-corrected chi connectivity index (χ2v) is 5.48. The zero-order valence-corrected chi connectivity index (χ0v) is 12.8. The smallest absolute Gasteiger partial charge is 0.326 e. The number of hydrogen-bond acceptors (Lipinski definition) is 3. The predicted molar refractivity (Wildman–Crippen MR) is 77.7 cm³/mol. The third kappa shape index (κ3) is 4.67. The Morgan fingerprint density at radius 2 is 1.80 bits per heavy atom. The fraction of sp³-hybridized carbons (Fsp3) is 0.857. The molecule has 0 saturated carbocycles. The number of piperazine rings is 1. The van der Waals surface area contributed by atoms with Gasteiger partial charge in [-0.2, -0.15) is 0 Å². The summed E-state index contributed by atoms with van der Waals surface area (Å²) in [5.41, 5.74) is 0. The summed E-state index contributed by atoms with van der Waals surface area (Å²) in [5, 5.41) is 11.8. The van der Waals surface area contributed by atoms with E-state index in [0.717, 1.165) is 32.5 Å². The van der Waals surface area contributed by atoms with E-state index < -0.39 is 12.0 Å². The number of aliphatic carboxylic acids is 1. The zero-order chi connectivity index (χ0) is 15.1. The Morgan fingerprint density at radius 1 is 1.20 bits per heavy atom. The SMILES string of the molecule is CCCN1CCN(C(=O)NC(C(=O)O)C(C)CC)CC1. The number of rotatable bonds is 6. The van der Waals surface area contributed by atoms with Gasteiger partial charge in [0.2, 0.25) is 0 Å². The van der Waals surface area contributed by atoms with Gasteiger partial charge in [0, 0.05) is 26.2 Å².